The molecule has 1 amide bonds. The molecule has 1 unspecified atom stereocenters. The number of carbonyl (C=O) groups excluding carboxylic acids is 1. The highest BCUT2D eigenvalue weighted by Crippen LogP contribution is 2.26. The first-order chi connectivity index (χ1) is 11.1. The number of ether oxygens (including phenoxy) is 4. The first-order valence-corrected chi connectivity index (χ1v) is 8.09. The van der Waals surface area contributed by atoms with Crippen LogP contribution in [-0.2, 0) is 9.47 Å². The Balaban J connectivity index is 1.87. The van der Waals surface area contributed by atoms with Crippen molar-refractivity contribution in [1.82, 2.24) is 4.90 Å². The number of rotatable bonds is 6. The Bertz CT molecular complexity index is 511. The summed E-state index contributed by atoms with van der Waals surface area (Å²) in [5.74, 6) is 1.35. The summed E-state index contributed by atoms with van der Waals surface area (Å²) >= 11 is 5.68. The number of halogens is 1. The molecule has 6 nitrogen and oxygen atoms in total. The van der Waals surface area contributed by atoms with E-state index in [9.17, 15) is 4.79 Å². The summed E-state index contributed by atoms with van der Waals surface area (Å²) in [5, 5.41) is 0. The maximum absolute atomic E-state index is 11.9. The van der Waals surface area contributed by atoms with Gasteiger partial charge in [0.15, 0.2) is 17.1 Å². The molecule has 1 saturated heterocycles. The maximum Gasteiger partial charge on any atom is 0.411 e. The van der Waals surface area contributed by atoms with E-state index in [-0.39, 0.29) is 6.10 Å². The second-order valence-electron chi connectivity index (χ2n) is 5.06. The second-order valence-corrected chi connectivity index (χ2v) is 5.67. The molecular formula is C16H22ClNO5. The number of benzene rings is 1. The third kappa shape index (κ3) is 5.48. The molecule has 0 N–H and O–H groups in total. The minimum absolute atomic E-state index is 0.225. The van der Waals surface area contributed by atoms with Crippen LogP contribution in [0.5, 0.6) is 11.5 Å². The monoisotopic (exact) mass is 343 g/mol. The highest BCUT2D eigenvalue weighted by atomic mass is 35.5. The quantitative estimate of drug-likeness (QED) is 0.743. The fraction of sp³-hybridized carbons (Fsp3) is 0.562. The van der Waals surface area contributed by atoms with Crippen LogP contribution < -0.4 is 9.47 Å². The van der Waals surface area contributed by atoms with Crippen LogP contribution in [0.15, 0.2) is 24.3 Å². The Morgan fingerprint density at radius 1 is 1.39 bits per heavy atom. The van der Waals surface area contributed by atoms with Crippen molar-refractivity contribution < 1.29 is 23.7 Å². The molecule has 1 aromatic rings. The Morgan fingerprint density at radius 2 is 2.09 bits per heavy atom. The fourth-order valence-electron chi connectivity index (χ4n) is 2.23. The third-order valence-electron chi connectivity index (χ3n) is 3.23. The number of amides is 1. The number of carbonyl (C=O) groups is 1. The lowest BCUT2D eigenvalue weighted by Gasteiger charge is -2.32. The zero-order valence-electron chi connectivity index (χ0n) is 13.4. The van der Waals surface area contributed by atoms with E-state index in [1.165, 1.54) is 0 Å². The van der Waals surface area contributed by atoms with Crippen LogP contribution in [0.4, 0.5) is 4.79 Å². The van der Waals surface area contributed by atoms with Crippen molar-refractivity contribution in [2.24, 2.45) is 0 Å². The second kappa shape index (κ2) is 8.84. The van der Waals surface area contributed by atoms with Gasteiger partial charge in [0, 0.05) is 6.54 Å². The van der Waals surface area contributed by atoms with Gasteiger partial charge in [-0.25, -0.2) is 4.79 Å². The molecule has 1 aliphatic rings. The highest BCUT2D eigenvalue weighted by Gasteiger charge is 2.26. The van der Waals surface area contributed by atoms with Crippen molar-refractivity contribution >= 4 is 17.7 Å². The number of hydrogen-bond acceptors (Lipinski definition) is 5. The smallest absolute Gasteiger partial charge is 0.411 e. The standard InChI is InChI=1S/C16H22ClNO5/c1-3-20-14-6-4-5-7-15(14)22-11-13-10-18(8-9-21-13)16(19)23-12(2)17/h4-7,12-13H,3,8-11H2,1-2H3/t12-,13?/m1/s1. The zero-order chi connectivity index (χ0) is 16.7. The molecule has 2 atom stereocenters. The number of nitrogens with zero attached hydrogens (tertiary/aromatic N) is 1. The normalized spacial score (nSPS) is 19.1. The predicted molar refractivity (Wildman–Crippen MR) is 86.2 cm³/mol. The number of morpholine rings is 1. The average molecular weight is 344 g/mol. The molecule has 1 aliphatic heterocycles. The molecule has 7 heteroatoms. The van der Waals surface area contributed by atoms with Gasteiger partial charge in [0.25, 0.3) is 0 Å². The van der Waals surface area contributed by atoms with Gasteiger partial charge in [0.05, 0.1) is 19.8 Å². The number of hydrogen-bond donors (Lipinski definition) is 0. The van der Waals surface area contributed by atoms with E-state index >= 15 is 0 Å². The van der Waals surface area contributed by atoms with Crippen LogP contribution in [0.3, 0.4) is 0 Å². The van der Waals surface area contributed by atoms with Crippen molar-refractivity contribution in [1.29, 1.82) is 0 Å². The lowest BCUT2D eigenvalue weighted by Crippen LogP contribution is -2.48. The Hall–Kier alpha value is -1.66. The van der Waals surface area contributed by atoms with Crippen LogP contribution in [-0.4, -0.2) is 55.6 Å². The SMILES string of the molecule is CCOc1ccccc1OCC1CN(C(=O)O[C@H](C)Cl)CCO1. The van der Waals surface area contributed by atoms with E-state index in [0.717, 1.165) is 0 Å². The predicted octanol–water partition coefficient (Wildman–Crippen LogP) is 2.89. The van der Waals surface area contributed by atoms with Gasteiger partial charge in [0.2, 0.25) is 0 Å². The molecule has 23 heavy (non-hydrogen) atoms. The van der Waals surface area contributed by atoms with Gasteiger partial charge in [0.1, 0.15) is 12.7 Å². The van der Waals surface area contributed by atoms with Gasteiger partial charge in [-0.1, -0.05) is 23.7 Å². The molecule has 0 aromatic heterocycles. The first-order valence-electron chi connectivity index (χ1n) is 7.66. The number of alkyl halides is 1. The summed E-state index contributed by atoms with van der Waals surface area (Å²) in [6, 6.07) is 7.46. The lowest BCUT2D eigenvalue weighted by atomic mass is 10.3. The van der Waals surface area contributed by atoms with Crippen molar-refractivity contribution in [3.05, 3.63) is 24.3 Å². The van der Waals surface area contributed by atoms with Crippen molar-refractivity contribution in [3.63, 3.8) is 0 Å². The van der Waals surface area contributed by atoms with Gasteiger partial charge >= 0.3 is 6.09 Å². The van der Waals surface area contributed by atoms with E-state index < -0.39 is 11.7 Å². The van der Waals surface area contributed by atoms with Gasteiger partial charge in [-0.05, 0) is 26.0 Å². The molecule has 0 aliphatic carbocycles. The van der Waals surface area contributed by atoms with Gasteiger partial charge < -0.3 is 23.8 Å². The minimum atomic E-state index is -0.655. The molecule has 1 heterocycles. The largest absolute Gasteiger partial charge is 0.490 e. The first kappa shape index (κ1) is 17.7. The lowest BCUT2D eigenvalue weighted by molar-refractivity contribution is -0.0462. The molecule has 128 valence electrons. The van der Waals surface area contributed by atoms with Crippen LogP contribution >= 0.6 is 11.6 Å². The Labute approximate surface area is 141 Å². The molecule has 2 rings (SSSR count). The minimum Gasteiger partial charge on any atom is -0.490 e. The van der Waals surface area contributed by atoms with Gasteiger partial charge in [-0.3, -0.25) is 0 Å². The molecule has 0 saturated carbocycles. The van der Waals surface area contributed by atoms with Crippen LogP contribution in [0.1, 0.15) is 13.8 Å². The van der Waals surface area contributed by atoms with Gasteiger partial charge in [-0.2, -0.15) is 0 Å². The molecule has 0 spiro atoms. The summed E-state index contributed by atoms with van der Waals surface area (Å²) in [6.45, 7) is 5.73. The molecule has 0 radical (unpaired) electrons. The molecule has 1 fully saturated rings. The fourth-order valence-corrected chi connectivity index (χ4v) is 2.30. The van der Waals surface area contributed by atoms with E-state index in [0.29, 0.717) is 44.4 Å². The van der Waals surface area contributed by atoms with E-state index in [1.54, 1.807) is 11.8 Å². The van der Waals surface area contributed by atoms with Crippen molar-refractivity contribution in [3.8, 4) is 11.5 Å². The number of para-hydroxylation sites is 2. The van der Waals surface area contributed by atoms with Crippen LogP contribution in [0, 0.1) is 0 Å². The molecule has 1 aromatic carbocycles. The maximum atomic E-state index is 11.9. The Morgan fingerprint density at radius 3 is 2.74 bits per heavy atom. The third-order valence-corrected chi connectivity index (χ3v) is 3.32. The van der Waals surface area contributed by atoms with Crippen molar-refractivity contribution in [2.45, 2.75) is 25.5 Å². The van der Waals surface area contributed by atoms with Crippen LogP contribution in [0.2, 0.25) is 0 Å². The Kier molecular flexibility index (Phi) is 6.80. The van der Waals surface area contributed by atoms with Crippen LogP contribution in [0.25, 0.3) is 0 Å². The van der Waals surface area contributed by atoms with E-state index in [1.807, 2.05) is 31.2 Å². The van der Waals surface area contributed by atoms with Gasteiger partial charge in [-0.15, -0.1) is 0 Å². The van der Waals surface area contributed by atoms with E-state index in [4.69, 9.17) is 30.5 Å². The van der Waals surface area contributed by atoms with E-state index in [2.05, 4.69) is 0 Å². The van der Waals surface area contributed by atoms with Crippen molar-refractivity contribution in [2.75, 3.05) is 32.9 Å². The summed E-state index contributed by atoms with van der Waals surface area (Å²) < 4.78 is 21.9. The highest BCUT2D eigenvalue weighted by molar-refractivity contribution is 6.19. The summed E-state index contributed by atoms with van der Waals surface area (Å²) in [5.41, 5.74) is -0.655. The molecule has 0 bridgehead atoms. The molecular weight excluding hydrogens is 322 g/mol. The topological polar surface area (TPSA) is 57.2 Å². The zero-order valence-corrected chi connectivity index (χ0v) is 14.1. The summed E-state index contributed by atoms with van der Waals surface area (Å²) in [6.07, 6.45) is -0.660. The summed E-state index contributed by atoms with van der Waals surface area (Å²) in [4.78, 5) is 13.4. The summed E-state index contributed by atoms with van der Waals surface area (Å²) in [7, 11) is 0. The average Bonchev–Trinajstić information content (AvgIpc) is 2.54.